The van der Waals surface area contributed by atoms with Crippen LogP contribution in [0.3, 0.4) is 0 Å². The van der Waals surface area contributed by atoms with Crippen LogP contribution in [0.5, 0.6) is 0 Å². The van der Waals surface area contributed by atoms with Gasteiger partial charge in [-0.1, -0.05) is 11.8 Å². The summed E-state index contributed by atoms with van der Waals surface area (Å²) in [5.74, 6) is 0.341. The lowest BCUT2D eigenvalue weighted by Crippen LogP contribution is -1.98. The summed E-state index contributed by atoms with van der Waals surface area (Å²) >= 11 is 1.31. The number of aromatic nitrogens is 3. The standard InChI is InChI=1S/C11H10FN5S/c1-17-10(14)15-16-11(17)18-6-8-4-7(5-13)2-3-9(8)12/h2-4H,6H2,1H3,(H2,14,15). The summed E-state index contributed by atoms with van der Waals surface area (Å²) in [7, 11) is 1.74. The van der Waals surface area contributed by atoms with Gasteiger partial charge < -0.3 is 5.73 Å². The van der Waals surface area contributed by atoms with Crippen molar-refractivity contribution in [3.8, 4) is 6.07 Å². The van der Waals surface area contributed by atoms with E-state index in [2.05, 4.69) is 10.2 Å². The molecule has 92 valence electrons. The molecule has 1 heterocycles. The molecule has 18 heavy (non-hydrogen) atoms. The van der Waals surface area contributed by atoms with Crippen molar-refractivity contribution >= 4 is 17.7 Å². The van der Waals surface area contributed by atoms with E-state index < -0.39 is 0 Å². The van der Waals surface area contributed by atoms with Gasteiger partial charge in [0, 0.05) is 12.8 Å². The predicted octanol–water partition coefficient (Wildman–Crippen LogP) is 1.70. The number of nitrogen functional groups attached to an aromatic ring is 1. The van der Waals surface area contributed by atoms with E-state index >= 15 is 0 Å². The smallest absolute Gasteiger partial charge is 0.222 e. The van der Waals surface area contributed by atoms with Gasteiger partial charge in [0.05, 0.1) is 11.6 Å². The van der Waals surface area contributed by atoms with Crippen molar-refractivity contribution in [2.45, 2.75) is 10.9 Å². The molecule has 0 unspecified atom stereocenters. The molecular weight excluding hydrogens is 253 g/mol. The number of hydrogen-bond donors (Lipinski definition) is 1. The first kappa shape index (κ1) is 12.4. The SMILES string of the molecule is Cn1c(N)nnc1SCc1cc(C#N)ccc1F. The van der Waals surface area contributed by atoms with Crippen LogP contribution in [-0.4, -0.2) is 14.8 Å². The number of nitrogens with two attached hydrogens (primary N) is 1. The summed E-state index contributed by atoms with van der Waals surface area (Å²) in [4.78, 5) is 0. The van der Waals surface area contributed by atoms with Crippen molar-refractivity contribution in [1.29, 1.82) is 5.26 Å². The van der Waals surface area contributed by atoms with Gasteiger partial charge in [-0.15, -0.1) is 10.2 Å². The number of rotatable bonds is 3. The molecule has 0 spiro atoms. The third kappa shape index (κ3) is 2.43. The Balaban J connectivity index is 2.15. The molecule has 7 heteroatoms. The Bertz CT molecular complexity index is 616. The van der Waals surface area contributed by atoms with Crippen LogP contribution < -0.4 is 5.73 Å². The molecule has 0 aliphatic carbocycles. The number of thioether (sulfide) groups is 1. The van der Waals surface area contributed by atoms with Crippen molar-refractivity contribution in [2.24, 2.45) is 7.05 Å². The summed E-state index contributed by atoms with van der Waals surface area (Å²) in [6.45, 7) is 0. The van der Waals surface area contributed by atoms with Crippen LogP contribution in [0, 0.1) is 17.1 Å². The van der Waals surface area contributed by atoms with Crippen LogP contribution in [0.2, 0.25) is 0 Å². The normalized spacial score (nSPS) is 10.3. The molecule has 1 aromatic heterocycles. The van der Waals surface area contributed by atoms with Gasteiger partial charge in [0.15, 0.2) is 5.16 Å². The average molecular weight is 263 g/mol. The first-order chi connectivity index (χ1) is 8.61. The Morgan fingerprint density at radius 2 is 2.28 bits per heavy atom. The molecule has 0 atom stereocenters. The minimum absolute atomic E-state index is 0.309. The number of hydrogen-bond acceptors (Lipinski definition) is 5. The zero-order valence-corrected chi connectivity index (χ0v) is 10.4. The van der Waals surface area contributed by atoms with E-state index in [4.69, 9.17) is 11.0 Å². The molecule has 2 aromatic rings. The first-order valence-electron chi connectivity index (χ1n) is 5.08. The molecular formula is C11H10FN5S. The fourth-order valence-electron chi connectivity index (χ4n) is 1.35. The van der Waals surface area contributed by atoms with Gasteiger partial charge in [0.2, 0.25) is 5.95 Å². The maximum absolute atomic E-state index is 13.5. The van der Waals surface area contributed by atoms with Crippen molar-refractivity contribution in [1.82, 2.24) is 14.8 Å². The minimum Gasteiger partial charge on any atom is -0.368 e. The van der Waals surface area contributed by atoms with Gasteiger partial charge in [0.1, 0.15) is 5.82 Å². The quantitative estimate of drug-likeness (QED) is 0.852. The molecule has 0 saturated heterocycles. The molecule has 5 nitrogen and oxygen atoms in total. The lowest BCUT2D eigenvalue weighted by molar-refractivity contribution is 0.617. The molecule has 2 rings (SSSR count). The van der Waals surface area contributed by atoms with Crippen molar-refractivity contribution < 1.29 is 4.39 Å². The highest BCUT2D eigenvalue weighted by atomic mass is 32.2. The number of halogens is 1. The van der Waals surface area contributed by atoms with Crippen molar-refractivity contribution in [3.63, 3.8) is 0 Å². The summed E-state index contributed by atoms with van der Waals surface area (Å²) in [5, 5.41) is 16.9. The molecule has 1 aromatic carbocycles. The topological polar surface area (TPSA) is 80.5 Å². The van der Waals surface area contributed by atoms with E-state index in [0.717, 1.165) is 0 Å². The average Bonchev–Trinajstić information content (AvgIpc) is 2.69. The molecule has 0 aliphatic heterocycles. The van der Waals surface area contributed by atoms with Crippen molar-refractivity contribution in [2.75, 3.05) is 5.73 Å². The van der Waals surface area contributed by atoms with Crippen LogP contribution in [0.15, 0.2) is 23.4 Å². The van der Waals surface area contributed by atoms with Crippen LogP contribution >= 0.6 is 11.8 Å². The van der Waals surface area contributed by atoms with E-state index in [9.17, 15) is 4.39 Å². The van der Waals surface area contributed by atoms with Crippen molar-refractivity contribution in [3.05, 3.63) is 35.1 Å². The molecule has 0 aliphatic rings. The summed E-state index contributed by atoms with van der Waals surface area (Å²) in [6, 6.07) is 6.25. The molecule has 2 N–H and O–H groups in total. The maximum Gasteiger partial charge on any atom is 0.222 e. The largest absolute Gasteiger partial charge is 0.368 e. The van der Waals surface area contributed by atoms with Crippen LogP contribution in [0.4, 0.5) is 10.3 Å². The van der Waals surface area contributed by atoms with Crippen LogP contribution in [0.25, 0.3) is 0 Å². The lowest BCUT2D eigenvalue weighted by atomic mass is 10.1. The second-order valence-electron chi connectivity index (χ2n) is 3.61. The second-order valence-corrected chi connectivity index (χ2v) is 4.55. The van der Waals surface area contributed by atoms with E-state index in [0.29, 0.717) is 28.0 Å². The highest BCUT2D eigenvalue weighted by Gasteiger charge is 2.09. The Hall–Kier alpha value is -2.07. The summed E-state index contributed by atoms with van der Waals surface area (Å²) < 4.78 is 15.1. The van der Waals surface area contributed by atoms with Gasteiger partial charge in [-0.25, -0.2) is 4.39 Å². The maximum atomic E-state index is 13.5. The van der Waals surface area contributed by atoms with Gasteiger partial charge >= 0.3 is 0 Å². The number of anilines is 1. The third-order valence-electron chi connectivity index (χ3n) is 2.40. The molecule has 0 fully saturated rings. The zero-order chi connectivity index (χ0) is 13.1. The lowest BCUT2D eigenvalue weighted by Gasteiger charge is -2.03. The van der Waals surface area contributed by atoms with Crippen LogP contribution in [-0.2, 0) is 12.8 Å². The van der Waals surface area contributed by atoms with E-state index in [1.165, 1.54) is 30.0 Å². The Labute approximate surface area is 107 Å². The minimum atomic E-state index is -0.336. The van der Waals surface area contributed by atoms with E-state index in [1.807, 2.05) is 6.07 Å². The van der Waals surface area contributed by atoms with Gasteiger partial charge in [-0.2, -0.15) is 5.26 Å². The molecule has 0 amide bonds. The predicted molar refractivity (Wildman–Crippen MR) is 66.1 cm³/mol. The van der Waals surface area contributed by atoms with Gasteiger partial charge in [-0.3, -0.25) is 4.57 Å². The fourth-order valence-corrected chi connectivity index (χ4v) is 2.24. The van der Waals surface area contributed by atoms with Gasteiger partial charge in [-0.05, 0) is 23.8 Å². The molecule has 0 bridgehead atoms. The number of benzene rings is 1. The van der Waals surface area contributed by atoms with Crippen LogP contribution in [0.1, 0.15) is 11.1 Å². The Kier molecular flexibility index (Phi) is 3.48. The summed E-state index contributed by atoms with van der Waals surface area (Å²) in [6.07, 6.45) is 0. The Morgan fingerprint density at radius 3 is 2.89 bits per heavy atom. The number of nitriles is 1. The highest BCUT2D eigenvalue weighted by molar-refractivity contribution is 7.98. The molecule has 0 saturated carbocycles. The third-order valence-corrected chi connectivity index (χ3v) is 3.47. The second kappa shape index (κ2) is 5.06. The Morgan fingerprint density at radius 1 is 1.50 bits per heavy atom. The number of nitrogens with zero attached hydrogens (tertiary/aromatic N) is 4. The first-order valence-corrected chi connectivity index (χ1v) is 6.06. The van der Waals surface area contributed by atoms with E-state index in [1.54, 1.807) is 11.6 Å². The van der Waals surface area contributed by atoms with E-state index in [-0.39, 0.29) is 5.82 Å². The fraction of sp³-hybridized carbons (Fsp3) is 0.182. The summed E-state index contributed by atoms with van der Waals surface area (Å²) in [5.41, 5.74) is 6.44. The molecule has 0 radical (unpaired) electrons. The van der Waals surface area contributed by atoms with Gasteiger partial charge in [0.25, 0.3) is 0 Å². The monoisotopic (exact) mass is 263 g/mol. The highest BCUT2D eigenvalue weighted by Crippen LogP contribution is 2.23. The zero-order valence-electron chi connectivity index (χ0n) is 9.59.